The van der Waals surface area contributed by atoms with Gasteiger partial charge in [-0.25, -0.2) is 0 Å². The Morgan fingerprint density at radius 1 is 0.731 bits per heavy atom. The van der Waals surface area contributed by atoms with Crippen molar-refractivity contribution in [1.29, 1.82) is 0 Å². The molecule has 0 radical (unpaired) electrons. The molecule has 0 heterocycles. The normalized spacial score (nSPS) is 14.5. The van der Waals surface area contributed by atoms with Crippen molar-refractivity contribution in [3.05, 3.63) is 0 Å². The fraction of sp³-hybridized carbons (Fsp3) is 1.00. The lowest BCUT2D eigenvalue weighted by atomic mass is 10.0. The van der Waals surface area contributed by atoms with E-state index in [4.69, 9.17) is 11.6 Å². The number of unbranched alkanes of at least 4 members (excludes halogenated alkanes) is 12. The minimum Gasteiger partial charge on any atom is -0.388 e. The van der Waals surface area contributed by atoms with Gasteiger partial charge < -0.3 is 9.59 Å². The molecule has 2 atom stereocenters. The van der Waals surface area contributed by atoms with Crippen LogP contribution in [0.15, 0.2) is 0 Å². The van der Waals surface area contributed by atoms with E-state index in [9.17, 15) is 5.11 Å². The van der Waals surface area contributed by atoms with Gasteiger partial charge in [0.05, 0.1) is 20.6 Å². The minimum atomic E-state index is -0.236. The monoisotopic (exact) mass is 390 g/mol. The van der Waals surface area contributed by atoms with Crippen molar-refractivity contribution in [3.8, 4) is 0 Å². The molecule has 0 spiro atoms. The van der Waals surface area contributed by atoms with E-state index in [0.717, 1.165) is 30.4 Å². The highest BCUT2D eigenvalue weighted by atomic mass is 35.5. The Hall–Kier alpha value is 0.210. The van der Waals surface area contributed by atoms with E-state index in [1.54, 1.807) is 0 Å². The third kappa shape index (κ3) is 19.0. The molecule has 0 aromatic heterocycles. The van der Waals surface area contributed by atoms with Gasteiger partial charge in [-0.1, -0.05) is 90.4 Å². The van der Waals surface area contributed by atoms with Crippen LogP contribution in [0.1, 0.15) is 110 Å². The first kappa shape index (κ1) is 26.2. The molecule has 0 aromatic rings. The average Bonchev–Trinajstić information content (AvgIpc) is 2.56. The van der Waals surface area contributed by atoms with Crippen LogP contribution in [-0.4, -0.2) is 48.3 Å². The maximum atomic E-state index is 9.54. The molecule has 0 amide bonds. The van der Waals surface area contributed by atoms with Gasteiger partial charge in [0.25, 0.3) is 0 Å². The molecule has 0 aliphatic heterocycles. The Bertz CT molecular complexity index is 294. The van der Waals surface area contributed by atoms with Gasteiger partial charge >= 0.3 is 0 Å². The van der Waals surface area contributed by atoms with Crippen molar-refractivity contribution in [3.63, 3.8) is 0 Å². The largest absolute Gasteiger partial charge is 0.388 e. The Morgan fingerprint density at radius 3 is 1.58 bits per heavy atom. The van der Waals surface area contributed by atoms with Crippen LogP contribution in [0.2, 0.25) is 0 Å². The number of aliphatic hydroxyl groups excluding tert-OH is 1. The first-order chi connectivity index (χ1) is 12.4. The Labute approximate surface area is 170 Å². The highest BCUT2D eigenvalue weighted by Crippen LogP contribution is 2.17. The van der Waals surface area contributed by atoms with Gasteiger partial charge in [0.15, 0.2) is 0 Å². The van der Waals surface area contributed by atoms with Crippen LogP contribution in [0.5, 0.6) is 0 Å². The molecule has 1 N–H and O–H groups in total. The highest BCUT2D eigenvalue weighted by molar-refractivity contribution is 6.20. The van der Waals surface area contributed by atoms with E-state index in [1.165, 1.54) is 83.5 Å². The fourth-order valence-electron chi connectivity index (χ4n) is 3.82. The summed E-state index contributed by atoms with van der Waals surface area (Å²) < 4.78 is 0.861. The molecular formula is C23H49ClNO+. The number of rotatable bonds is 19. The summed E-state index contributed by atoms with van der Waals surface area (Å²) in [6.45, 7) is 6.01. The van der Waals surface area contributed by atoms with Gasteiger partial charge in [0, 0.05) is 11.8 Å². The van der Waals surface area contributed by atoms with Gasteiger partial charge in [-0.3, -0.25) is 0 Å². The molecule has 0 aromatic carbocycles. The second-order valence-corrected chi connectivity index (χ2v) is 9.73. The lowest BCUT2D eigenvalue weighted by Gasteiger charge is -2.31. The van der Waals surface area contributed by atoms with Crippen molar-refractivity contribution < 1.29 is 9.59 Å². The SMILES string of the molecule is CCCCCCCCCCCCCCCC(Cl)CC[N+](C)(C)CC(C)O. The van der Waals surface area contributed by atoms with Crippen molar-refractivity contribution in [2.45, 2.75) is 122 Å². The first-order valence-corrected chi connectivity index (χ1v) is 11.9. The molecule has 0 bridgehead atoms. The zero-order chi connectivity index (χ0) is 19.7. The topological polar surface area (TPSA) is 20.2 Å². The molecule has 0 saturated heterocycles. The number of nitrogens with zero attached hydrogens (tertiary/aromatic N) is 1. The first-order valence-electron chi connectivity index (χ1n) is 11.5. The third-order valence-corrected chi connectivity index (χ3v) is 5.86. The smallest absolute Gasteiger partial charge is 0.104 e. The van der Waals surface area contributed by atoms with Crippen LogP contribution in [0.25, 0.3) is 0 Å². The summed E-state index contributed by atoms with van der Waals surface area (Å²) in [6.07, 6.45) is 20.2. The molecule has 26 heavy (non-hydrogen) atoms. The van der Waals surface area contributed by atoms with E-state index in [0.29, 0.717) is 5.38 Å². The zero-order valence-corrected chi connectivity index (χ0v) is 19.2. The maximum Gasteiger partial charge on any atom is 0.104 e. The van der Waals surface area contributed by atoms with Crippen LogP contribution in [0.4, 0.5) is 0 Å². The van der Waals surface area contributed by atoms with Crippen LogP contribution >= 0.6 is 11.6 Å². The van der Waals surface area contributed by atoms with Gasteiger partial charge in [-0.15, -0.1) is 11.6 Å². The van der Waals surface area contributed by atoms with Gasteiger partial charge in [0.1, 0.15) is 12.6 Å². The second-order valence-electron chi connectivity index (χ2n) is 9.11. The van der Waals surface area contributed by atoms with Crippen LogP contribution < -0.4 is 0 Å². The van der Waals surface area contributed by atoms with Crippen LogP contribution in [0, 0.1) is 0 Å². The molecular weight excluding hydrogens is 342 g/mol. The van der Waals surface area contributed by atoms with E-state index in [-0.39, 0.29) is 6.10 Å². The highest BCUT2D eigenvalue weighted by Gasteiger charge is 2.19. The molecule has 0 rings (SSSR count). The number of hydrogen-bond donors (Lipinski definition) is 1. The molecule has 158 valence electrons. The molecule has 0 fully saturated rings. The molecule has 0 saturated carbocycles. The summed E-state index contributed by atoms with van der Waals surface area (Å²) in [4.78, 5) is 0. The van der Waals surface area contributed by atoms with Crippen molar-refractivity contribution in [2.24, 2.45) is 0 Å². The molecule has 0 aliphatic carbocycles. The number of quaternary nitrogens is 1. The van der Waals surface area contributed by atoms with Crippen molar-refractivity contribution in [2.75, 3.05) is 27.2 Å². The fourth-order valence-corrected chi connectivity index (χ4v) is 4.08. The zero-order valence-electron chi connectivity index (χ0n) is 18.4. The van der Waals surface area contributed by atoms with E-state index in [2.05, 4.69) is 21.0 Å². The third-order valence-electron chi connectivity index (χ3n) is 5.43. The summed E-state index contributed by atoms with van der Waals surface area (Å²) in [5.41, 5.74) is 0. The summed E-state index contributed by atoms with van der Waals surface area (Å²) in [5.74, 6) is 0. The Kier molecular flexibility index (Phi) is 17.5. The summed E-state index contributed by atoms with van der Waals surface area (Å²) >= 11 is 6.49. The predicted octanol–water partition coefficient (Wildman–Crippen LogP) is 6.92. The number of alkyl halides is 1. The van der Waals surface area contributed by atoms with Gasteiger partial charge in [-0.2, -0.15) is 0 Å². The van der Waals surface area contributed by atoms with Gasteiger partial charge in [0.2, 0.25) is 0 Å². The van der Waals surface area contributed by atoms with Crippen LogP contribution in [0.3, 0.4) is 0 Å². The summed E-state index contributed by atoms with van der Waals surface area (Å²) in [7, 11) is 4.36. The van der Waals surface area contributed by atoms with Crippen molar-refractivity contribution in [1.82, 2.24) is 0 Å². The second kappa shape index (κ2) is 17.3. The van der Waals surface area contributed by atoms with E-state index >= 15 is 0 Å². The summed E-state index contributed by atoms with van der Waals surface area (Å²) in [5, 5.41) is 9.84. The lowest BCUT2D eigenvalue weighted by Crippen LogP contribution is -2.45. The number of aliphatic hydroxyl groups is 1. The van der Waals surface area contributed by atoms with Gasteiger partial charge in [-0.05, 0) is 13.3 Å². The number of hydrogen-bond acceptors (Lipinski definition) is 1. The molecule has 2 unspecified atom stereocenters. The van der Waals surface area contributed by atoms with Crippen LogP contribution in [-0.2, 0) is 0 Å². The lowest BCUT2D eigenvalue weighted by molar-refractivity contribution is -0.893. The number of likely N-dealkylation sites (N-methyl/N-ethyl adjacent to an activating group) is 1. The van der Waals surface area contributed by atoms with E-state index < -0.39 is 0 Å². The summed E-state index contributed by atoms with van der Waals surface area (Å²) in [6, 6.07) is 0. The minimum absolute atomic E-state index is 0.236. The average molecular weight is 391 g/mol. The molecule has 3 heteroatoms. The standard InChI is InChI=1S/C23H49ClNO/c1-5-6-7-8-9-10-11-12-13-14-15-16-17-18-23(24)19-20-25(3,4)21-22(2)26/h22-23,26H,5-21H2,1-4H3/q+1. The van der Waals surface area contributed by atoms with E-state index in [1.807, 2.05) is 6.92 Å². The predicted molar refractivity (Wildman–Crippen MR) is 118 cm³/mol. The Balaban J connectivity index is 3.34. The molecule has 2 nitrogen and oxygen atoms in total. The Morgan fingerprint density at radius 2 is 1.15 bits per heavy atom. The maximum absolute atomic E-state index is 9.54. The number of halogens is 1. The quantitative estimate of drug-likeness (QED) is 0.144. The van der Waals surface area contributed by atoms with Crippen molar-refractivity contribution >= 4 is 11.6 Å². The molecule has 0 aliphatic rings.